The molecule has 1 aliphatic heterocycles. The molecule has 0 fully saturated rings. The van der Waals surface area contributed by atoms with Gasteiger partial charge in [0, 0.05) is 37.4 Å². The standard InChI is InChI=1S/C21H26N4O3/c1-2-28-13-19(26)25-11-10-18-16(12-25)20(24-23-18)21(27)22-17-9-5-7-14-6-3-4-8-15(14)17/h3-4,6,8,17H,2,5,7,9-13H2,1H3,(H,22,27)(H,23,24). The SMILES string of the molecule is CCOCC(=O)N1CCc2[nH]nc(C(=O)NC3CCCc4ccccc43)c2C1. The summed E-state index contributed by atoms with van der Waals surface area (Å²) in [6.45, 7) is 3.44. The predicted octanol–water partition coefficient (Wildman–Crippen LogP) is 2.14. The molecule has 28 heavy (non-hydrogen) atoms. The lowest BCUT2D eigenvalue weighted by Crippen LogP contribution is -2.39. The summed E-state index contributed by atoms with van der Waals surface area (Å²) in [4.78, 5) is 27.0. The number of fused-ring (bicyclic) bond motifs is 2. The number of nitrogens with one attached hydrogen (secondary N) is 2. The molecule has 1 aromatic heterocycles. The lowest BCUT2D eigenvalue weighted by atomic mass is 9.87. The molecule has 0 saturated carbocycles. The minimum Gasteiger partial charge on any atom is -0.372 e. The van der Waals surface area contributed by atoms with Crippen molar-refractivity contribution in [3.05, 3.63) is 52.3 Å². The lowest BCUT2D eigenvalue weighted by Gasteiger charge is -2.28. The van der Waals surface area contributed by atoms with Crippen molar-refractivity contribution in [1.82, 2.24) is 20.4 Å². The third-order valence-corrected chi connectivity index (χ3v) is 5.61. The second-order valence-electron chi connectivity index (χ2n) is 7.35. The zero-order valence-corrected chi connectivity index (χ0v) is 16.2. The third-order valence-electron chi connectivity index (χ3n) is 5.61. The molecule has 0 bridgehead atoms. The van der Waals surface area contributed by atoms with E-state index in [1.807, 2.05) is 19.1 Å². The van der Waals surface area contributed by atoms with Crippen molar-refractivity contribution >= 4 is 11.8 Å². The Bertz CT molecular complexity index is 876. The van der Waals surface area contributed by atoms with Crippen LogP contribution in [-0.2, 0) is 28.9 Å². The van der Waals surface area contributed by atoms with Gasteiger partial charge in [-0.1, -0.05) is 24.3 Å². The Morgan fingerprint density at radius 2 is 2.18 bits per heavy atom. The lowest BCUT2D eigenvalue weighted by molar-refractivity contribution is -0.136. The molecule has 1 aliphatic carbocycles. The van der Waals surface area contributed by atoms with E-state index in [1.165, 1.54) is 11.1 Å². The van der Waals surface area contributed by atoms with Gasteiger partial charge in [0.25, 0.3) is 5.91 Å². The van der Waals surface area contributed by atoms with Crippen LogP contribution in [0.2, 0.25) is 0 Å². The first kappa shape index (κ1) is 18.7. The monoisotopic (exact) mass is 382 g/mol. The van der Waals surface area contributed by atoms with Gasteiger partial charge in [-0.15, -0.1) is 0 Å². The number of aromatic nitrogens is 2. The summed E-state index contributed by atoms with van der Waals surface area (Å²) >= 11 is 0. The first-order valence-electron chi connectivity index (χ1n) is 9.97. The van der Waals surface area contributed by atoms with Crippen molar-refractivity contribution in [2.24, 2.45) is 0 Å². The molecule has 2 aliphatic rings. The molecule has 7 nitrogen and oxygen atoms in total. The number of carbonyl (C=O) groups is 2. The van der Waals surface area contributed by atoms with E-state index in [-0.39, 0.29) is 24.5 Å². The summed E-state index contributed by atoms with van der Waals surface area (Å²) in [7, 11) is 0. The van der Waals surface area contributed by atoms with E-state index in [9.17, 15) is 9.59 Å². The summed E-state index contributed by atoms with van der Waals surface area (Å²) in [6, 6.07) is 8.28. The summed E-state index contributed by atoms with van der Waals surface area (Å²) in [5.74, 6) is -0.237. The molecule has 2 N–H and O–H groups in total. The molecule has 2 heterocycles. The average molecular weight is 382 g/mol. The van der Waals surface area contributed by atoms with Crippen molar-refractivity contribution in [2.45, 2.75) is 45.2 Å². The van der Waals surface area contributed by atoms with Gasteiger partial charge in [0.15, 0.2) is 5.69 Å². The van der Waals surface area contributed by atoms with E-state index in [0.29, 0.717) is 31.8 Å². The quantitative estimate of drug-likeness (QED) is 0.829. The average Bonchev–Trinajstić information content (AvgIpc) is 3.15. The highest BCUT2D eigenvalue weighted by Gasteiger charge is 2.29. The van der Waals surface area contributed by atoms with Crippen molar-refractivity contribution in [1.29, 1.82) is 0 Å². The van der Waals surface area contributed by atoms with Crippen LogP contribution in [0.4, 0.5) is 0 Å². The Morgan fingerprint density at radius 3 is 3.04 bits per heavy atom. The molecular formula is C21H26N4O3. The molecule has 1 atom stereocenters. The van der Waals surface area contributed by atoms with Crippen LogP contribution >= 0.6 is 0 Å². The molecule has 0 radical (unpaired) electrons. The highest BCUT2D eigenvalue weighted by Crippen LogP contribution is 2.30. The number of rotatable bonds is 5. The van der Waals surface area contributed by atoms with Crippen molar-refractivity contribution in [3.8, 4) is 0 Å². The Kier molecular flexibility index (Phi) is 5.43. The molecule has 1 aromatic carbocycles. The summed E-state index contributed by atoms with van der Waals surface area (Å²) in [5.41, 5.74) is 4.65. The smallest absolute Gasteiger partial charge is 0.272 e. The zero-order valence-electron chi connectivity index (χ0n) is 16.2. The van der Waals surface area contributed by atoms with Crippen LogP contribution in [0.5, 0.6) is 0 Å². The molecule has 2 amide bonds. The Hall–Kier alpha value is -2.67. The van der Waals surface area contributed by atoms with Crippen molar-refractivity contribution in [2.75, 3.05) is 19.8 Å². The second kappa shape index (κ2) is 8.14. The molecule has 4 rings (SSSR count). The van der Waals surface area contributed by atoms with Gasteiger partial charge in [0.1, 0.15) is 6.61 Å². The maximum absolute atomic E-state index is 13.0. The van der Waals surface area contributed by atoms with E-state index in [0.717, 1.165) is 30.5 Å². The molecular weight excluding hydrogens is 356 g/mol. The fourth-order valence-corrected chi connectivity index (χ4v) is 4.11. The fourth-order valence-electron chi connectivity index (χ4n) is 4.11. The number of nitrogens with zero attached hydrogens (tertiary/aromatic N) is 2. The van der Waals surface area contributed by atoms with Gasteiger partial charge < -0.3 is 15.0 Å². The van der Waals surface area contributed by atoms with Crippen LogP contribution in [0, 0.1) is 0 Å². The van der Waals surface area contributed by atoms with Gasteiger partial charge >= 0.3 is 0 Å². The third kappa shape index (κ3) is 3.67. The minimum absolute atomic E-state index is 0.00378. The Balaban J connectivity index is 1.49. The van der Waals surface area contributed by atoms with Gasteiger partial charge in [-0.25, -0.2) is 0 Å². The summed E-state index contributed by atoms with van der Waals surface area (Å²) < 4.78 is 5.24. The highest BCUT2D eigenvalue weighted by atomic mass is 16.5. The van der Waals surface area contributed by atoms with Gasteiger partial charge in [-0.05, 0) is 37.3 Å². The maximum Gasteiger partial charge on any atom is 0.272 e. The van der Waals surface area contributed by atoms with E-state index in [4.69, 9.17) is 4.74 Å². The van der Waals surface area contributed by atoms with Crippen molar-refractivity contribution < 1.29 is 14.3 Å². The largest absolute Gasteiger partial charge is 0.372 e. The molecule has 0 saturated heterocycles. The summed E-state index contributed by atoms with van der Waals surface area (Å²) in [6.07, 6.45) is 3.70. The Morgan fingerprint density at radius 1 is 1.32 bits per heavy atom. The second-order valence-corrected chi connectivity index (χ2v) is 7.35. The van der Waals surface area contributed by atoms with Gasteiger partial charge in [0.05, 0.1) is 6.04 Å². The molecule has 7 heteroatoms. The number of benzene rings is 1. The molecule has 2 aromatic rings. The zero-order chi connectivity index (χ0) is 19.5. The molecule has 1 unspecified atom stereocenters. The topological polar surface area (TPSA) is 87.3 Å². The number of carbonyl (C=O) groups excluding carboxylic acids is 2. The van der Waals surface area contributed by atoms with Crippen LogP contribution in [-0.4, -0.2) is 46.7 Å². The maximum atomic E-state index is 13.0. The Labute approximate surface area is 164 Å². The first-order chi connectivity index (χ1) is 13.7. The number of ether oxygens (including phenoxy) is 1. The van der Waals surface area contributed by atoms with Crippen LogP contribution in [0.3, 0.4) is 0 Å². The van der Waals surface area contributed by atoms with E-state index >= 15 is 0 Å². The number of hydrogen-bond donors (Lipinski definition) is 2. The van der Waals surface area contributed by atoms with Crippen molar-refractivity contribution in [3.63, 3.8) is 0 Å². The predicted molar refractivity (Wildman–Crippen MR) is 104 cm³/mol. The number of H-pyrrole nitrogens is 1. The van der Waals surface area contributed by atoms with Crippen LogP contribution < -0.4 is 5.32 Å². The van der Waals surface area contributed by atoms with Gasteiger partial charge in [-0.3, -0.25) is 14.7 Å². The van der Waals surface area contributed by atoms with Crippen LogP contribution in [0.25, 0.3) is 0 Å². The normalized spacial score (nSPS) is 18.3. The van der Waals surface area contributed by atoms with Gasteiger partial charge in [0.2, 0.25) is 5.91 Å². The number of aryl methyl sites for hydroxylation is 1. The van der Waals surface area contributed by atoms with Crippen LogP contribution in [0.15, 0.2) is 24.3 Å². The minimum atomic E-state index is -0.182. The first-order valence-corrected chi connectivity index (χ1v) is 9.97. The number of hydrogen-bond acceptors (Lipinski definition) is 4. The van der Waals surface area contributed by atoms with E-state index < -0.39 is 0 Å². The molecule has 148 valence electrons. The molecule has 0 spiro atoms. The number of aromatic amines is 1. The van der Waals surface area contributed by atoms with E-state index in [2.05, 4.69) is 27.6 Å². The number of amides is 2. The van der Waals surface area contributed by atoms with Crippen LogP contribution in [0.1, 0.15) is 58.7 Å². The van der Waals surface area contributed by atoms with E-state index in [1.54, 1.807) is 4.90 Å². The fraction of sp³-hybridized carbons (Fsp3) is 0.476. The summed E-state index contributed by atoms with van der Waals surface area (Å²) in [5, 5.41) is 10.4. The van der Waals surface area contributed by atoms with Gasteiger partial charge in [-0.2, -0.15) is 5.10 Å². The highest BCUT2D eigenvalue weighted by molar-refractivity contribution is 5.94.